The quantitative estimate of drug-likeness (QED) is 0.851. The average molecular weight is 320 g/mol. The summed E-state index contributed by atoms with van der Waals surface area (Å²) in [5.41, 5.74) is 2.01. The van der Waals surface area contributed by atoms with Crippen molar-refractivity contribution in [1.29, 1.82) is 0 Å². The number of amides is 1. The molecule has 0 bridgehead atoms. The van der Waals surface area contributed by atoms with Crippen LogP contribution in [0.15, 0.2) is 23.6 Å². The molecular formula is C15H16N2O4S. The molecule has 0 atom stereocenters. The van der Waals surface area contributed by atoms with Crippen LogP contribution < -0.4 is 10.1 Å². The van der Waals surface area contributed by atoms with Gasteiger partial charge in [-0.1, -0.05) is 12.1 Å². The predicted molar refractivity (Wildman–Crippen MR) is 82.3 cm³/mol. The summed E-state index contributed by atoms with van der Waals surface area (Å²) in [6.45, 7) is 3.96. The summed E-state index contributed by atoms with van der Waals surface area (Å²) in [6, 6.07) is 5.79. The van der Waals surface area contributed by atoms with E-state index in [1.54, 1.807) is 0 Å². The number of carbonyl (C=O) groups is 2. The van der Waals surface area contributed by atoms with Gasteiger partial charge < -0.3 is 15.2 Å². The second kappa shape index (κ2) is 7.04. The van der Waals surface area contributed by atoms with Crippen molar-refractivity contribution in [1.82, 2.24) is 10.3 Å². The molecule has 0 aliphatic rings. The highest BCUT2D eigenvalue weighted by Gasteiger charge is 2.10. The van der Waals surface area contributed by atoms with E-state index >= 15 is 0 Å². The molecule has 0 saturated heterocycles. The summed E-state index contributed by atoms with van der Waals surface area (Å²) in [5.74, 6) is -0.683. The molecule has 0 fully saturated rings. The van der Waals surface area contributed by atoms with Gasteiger partial charge in [0.2, 0.25) is 0 Å². The van der Waals surface area contributed by atoms with E-state index in [9.17, 15) is 9.59 Å². The molecule has 6 nitrogen and oxygen atoms in total. The Morgan fingerprint density at radius 2 is 2.14 bits per heavy atom. The Bertz CT molecular complexity index is 697. The Morgan fingerprint density at radius 1 is 1.36 bits per heavy atom. The van der Waals surface area contributed by atoms with E-state index in [4.69, 9.17) is 9.84 Å². The van der Waals surface area contributed by atoms with Crippen molar-refractivity contribution in [2.45, 2.75) is 20.4 Å². The molecule has 1 aromatic carbocycles. The predicted octanol–water partition coefficient (Wildman–Crippen LogP) is 2.15. The van der Waals surface area contributed by atoms with Crippen molar-refractivity contribution >= 4 is 23.2 Å². The third-order valence-corrected chi connectivity index (χ3v) is 3.76. The Labute approximate surface area is 131 Å². The lowest BCUT2D eigenvalue weighted by Gasteiger charge is -2.09. The zero-order valence-corrected chi connectivity index (χ0v) is 13.1. The summed E-state index contributed by atoms with van der Waals surface area (Å²) >= 11 is 1.19. The van der Waals surface area contributed by atoms with Gasteiger partial charge in [0, 0.05) is 5.38 Å². The van der Waals surface area contributed by atoms with E-state index < -0.39 is 5.97 Å². The van der Waals surface area contributed by atoms with Crippen LogP contribution in [-0.4, -0.2) is 28.6 Å². The Hall–Kier alpha value is -2.41. The van der Waals surface area contributed by atoms with Gasteiger partial charge >= 0.3 is 5.97 Å². The SMILES string of the molecule is Cc1ccc(C)c(OCC(=O)NCc2nc(C(=O)O)cs2)c1. The second-order valence-corrected chi connectivity index (χ2v) is 5.71. The van der Waals surface area contributed by atoms with E-state index in [0.29, 0.717) is 10.8 Å². The van der Waals surface area contributed by atoms with Crippen molar-refractivity contribution in [2.24, 2.45) is 0 Å². The Kier molecular flexibility index (Phi) is 5.11. The van der Waals surface area contributed by atoms with Gasteiger partial charge in [-0.25, -0.2) is 9.78 Å². The molecule has 0 radical (unpaired) electrons. The maximum Gasteiger partial charge on any atom is 0.355 e. The number of aromatic nitrogens is 1. The maximum atomic E-state index is 11.8. The molecule has 2 aromatic rings. The lowest BCUT2D eigenvalue weighted by Crippen LogP contribution is -2.28. The van der Waals surface area contributed by atoms with Gasteiger partial charge in [-0.2, -0.15) is 0 Å². The minimum absolute atomic E-state index is 0.0131. The fourth-order valence-corrected chi connectivity index (χ4v) is 2.43. The van der Waals surface area contributed by atoms with Crippen LogP contribution >= 0.6 is 11.3 Å². The summed E-state index contributed by atoms with van der Waals surface area (Å²) in [6.07, 6.45) is 0. The van der Waals surface area contributed by atoms with Crippen LogP contribution in [0.4, 0.5) is 0 Å². The fraction of sp³-hybridized carbons (Fsp3) is 0.267. The van der Waals surface area contributed by atoms with Crippen LogP contribution in [-0.2, 0) is 11.3 Å². The molecule has 22 heavy (non-hydrogen) atoms. The molecule has 116 valence electrons. The van der Waals surface area contributed by atoms with Crippen LogP contribution in [0.3, 0.4) is 0 Å². The number of carboxylic acids is 1. The van der Waals surface area contributed by atoms with Gasteiger partial charge in [-0.15, -0.1) is 11.3 Å². The molecule has 0 unspecified atom stereocenters. The maximum absolute atomic E-state index is 11.8. The third kappa shape index (κ3) is 4.29. The van der Waals surface area contributed by atoms with Crippen molar-refractivity contribution in [2.75, 3.05) is 6.61 Å². The van der Waals surface area contributed by atoms with Crippen molar-refractivity contribution in [3.8, 4) is 5.75 Å². The summed E-state index contributed by atoms with van der Waals surface area (Å²) in [7, 11) is 0. The highest BCUT2D eigenvalue weighted by Crippen LogP contribution is 2.18. The standard InChI is InChI=1S/C15H16N2O4S/c1-9-3-4-10(2)12(5-9)21-7-13(18)16-6-14-17-11(8-22-14)15(19)20/h3-5,8H,6-7H2,1-2H3,(H,16,18)(H,19,20). The molecule has 0 spiro atoms. The molecule has 1 aromatic heterocycles. The fourth-order valence-electron chi connectivity index (χ4n) is 1.72. The summed E-state index contributed by atoms with van der Waals surface area (Å²) < 4.78 is 5.49. The molecule has 0 aliphatic heterocycles. The number of aromatic carboxylic acids is 1. The van der Waals surface area contributed by atoms with Crippen LogP contribution in [0.5, 0.6) is 5.75 Å². The smallest absolute Gasteiger partial charge is 0.355 e. The number of benzene rings is 1. The first-order chi connectivity index (χ1) is 10.5. The third-order valence-electron chi connectivity index (χ3n) is 2.91. The van der Waals surface area contributed by atoms with Gasteiger partial charge in [0.05, 0.1) is 6.54 Å². The first kappa shape index (κ1) is 16.0. The first-order valence-electron chi connectivity index (χ1n) is 6.60. The normalized spacial score (nSPS) is 10.3. The van der Waals surface area contributed by atoms with E-state index in [2.05, 4.69) is 10.3 Å². The van der Waals surface area contributed by atoms with Crippen molar-refractivity contribution in [3.05, 3.63) is 45.4 Å². The monoisotopic (exact) mass is 320 g/mol. The van der Waals surface area contributed by atoms with Gasteiger partial charge in [-0.3, -0.25) is 4.79 Å². The molecule has 0 saturated carbocycles. The number of rotatable bonds is 6. The topological polar surface area (TPSA) is 88.5 Å². The molecule has 7 heteroatoms. The summed E-state index contributed by atoms with van der Waals surface area (Å²) in [4.78, 5) is 26.3. The number of ether oxygens (including phenoxy) is 1. The lowest BCUT2D eigenvalue weighted by atomic mass is 10.1. The molecule has 0 aliphatic carbocycles. The highest BCUT2D eigenvalue weighted by molar-refractivity contribution is 7.09. The van der Waals surface area contributed by atoms with Gasteiger partial charge in [0.1, 0.15) is 10.8 Å². The number of aryl methyl sites for hydroxylation is 2. The lowest BCUT2D eigenvalue weighted by molar-refractivity contribution is -0.123. The number of nitrogens with one attached hydrogen (secondary N) is 1. The number of hydrogen-bond donors (Lipinski definition) is 2. The van der Waals surface area contributed by atoms with Gasteiger partial charge in [0.25, 0.3) is 5.91 Å². The average Bonchev–Trinajstić information content (AvgIpc) is 2.95. The van der Waals surface area contributed by atoms with Crippen LogP contribution in [0.25, 0.3) is 0 Å². The number of nitrogens with zero attached hydrogens (tertiary/aromatic N) is 1. The largest absolute Gasteiger partial charge is 0.483 e. The molecule has 2 N–H and O–H groups in total. The van der Waals surface area contributed by atoms with Crippen LogP contribution in [0.2, 0.25) is 0 Å². The molecule has 1 amide bonds. The highest BCUT2D eigenvalue weighted by atomic mass is 32.1. The van der Waals surface area contributed by atoms with E-state index in [0.717, 1.165) is 11.1 Å². The van der Waals surface area contributed by atoms with Crippen molar-refractivity contribution < 1.29 is 19.4 Å². The van der Waals surface area contributed by atoms with E-state index in [-0.39, 0.29) is 24.8 Å². The number of hydrogen-bond acceptors (Lipinski definition) is 5. The van der Waals surface area contributed by atoms with Crippen molar-refractivity contribution in [3.63, 3.8) is 0 Å². The van der Waals surface area contributed by atoms with Gasteiger partial charge in [-0.05, 0) is 31.0 Å². The van der Waals surface area contributed by atoms with E-state index in [1.165, 1.54) is 16.7 Å². The number of thiazole rings is 1. The minimum Gasteiger partial charge on any atom is -0.483 e. The second-order valence-electron chi connectivity index (χ2n) is 4.77. The number of carboxylic acid groups (broad SMARTS) is 1. The van der Waals surface area contributed by atoms with Crippen LogP contribution in [0, 0.1) is 13.8 Å². The van der Waals surface area contributed by atoms with Gasteiger partial charge in [0.15, 0.2) is 12.3 Å². The zero-order chi connectivity index (χ0) is 16.1. The summed E-state index contributed by atoms with van der Waals surface area (Å²) in [5, 5.41) is 13.4. The van der Waals surface area contributed by atoms with Crippen LogP contribution in [0.1, 0.15) is 26.6 Å². The zero-order valence-electron chi connectivity index (χ0n) is 12.3. The first-order valence-corrected chi connectivity index (χ1v) is 7.48. The Morgan fingerprint density at radius 3 is 2.82 bits per heavy atom. The Balaban J connectivity index is 1.82. The number of carbonyl (C=O) groups excluding carboxylic acids is 1. The molecule has 1 heterocycles. The molecule has 2 rings (SSSR count). The molecular weight excluding hydrogens is 304 g/mol. The minimum atomic E-state index is -1.08. The van der Waals surface area contributed by atoms with E-state index in [1.807, 2.05) is 32.0 Å².